The molecule has 0 unspecified atom stereocenters. The second-order valence-electron chi connectivity index (χ2n) is 6.62. The van der Waals surface area contributed by atoms with Crippen molar-refractivity contribution in [3.05, 3.63) is 53.1 Å². The van der Waals surface area contributed by atoms with Crippen molar-refractivity contribution < 1.29 is 28.6 Å². The molecule has 0 saturated carbocycles. The molecule has 0 aromatic heterocycles. The van der Waals surface area contributed by atoms with Gasteiger partial charge in [-0.1, -0.05) is 0 Å². The van der Waals surface area contributed by atoms with Crippen LogP contribution in [-0.4, -0.2) is 56.6 Å². The Bertz CT molecular complexity index is 972. The summed E-state index contributed by atoms with van der Waals surface area (Å²) in [6.07, 6.45) is 0.550. The quantitative estimate of drug-likeness (QED) is 0.503. The molecular formula is C22H24N2O6. The fraction of sp³-hybridized carbons (Fsp3) is 0.318. The molecule has 1 N–H and O–H groups in total. The lowest BCUT2D eigenvalue weighted by molar-refractivity contribution is 0.0638. The van der Waals surface area contributed by atoms with E-state index in [0.29, 0.717) is 42.4 Å². The minimum absolute atomic E-state index is 0.231. The summed E-state index contributed by atoms with van der Waals surface area (Å²) < 4.78 is 15.7. The fourth-order valence-corrected chi connectivity index (χ4v) is 3.23. The summed E-state index contributed by atoms with van der Waals surface area (Å²) in [7, 11) is 3.08. The number of carbonyl (C=O) groups excluding carboxylic acids is 3. The molecule has 0 spiro atoms. The van der Waals surface area contributed by atoms with E-state index in [1.165, 1.54) is 30.2 Å². The number of amides is 3. The van der Waals surface area contributed by atoms with E-state index in [9.17, 15) is 14.4 Å². The van der Waals surface area contributed by atoms with E-state index < -0.39 is 11.8 Å². The highest BCUT2D eigenvalue weighted by Gasteiger charge is 2.35. The van der Waals surface area contributed by atoms with Gasteiger partial charge in [0, 0.05) is 37.6 Å². The number of benzene rings is 2. The van der Waals surface area contributed by atoms with Crippen LogP contribution in [0.3, 0.4) is 0 Å². The van der Waals surface area contributed by atoms with E-state index in [1.807, 2.05) is 6.92 Å². The minimum atomic E-state index is -0.401. The van der Waals surface area contributed by atoms with Gasteiger partial charge in [0.25, 0.3) is 17.7 Å². The Labute approximate surface area is 174 Å². The maximum absolute atomic E-state index is 12.7. The molecule has 0 atom stereocenters. The van der Waals surface area contributed by atoms with Crippen LogP contribution in [0.15, 0.2) is 36.4 Å². The number of imide groups is 1. The van der Waals surface area contributed by atoms with Crippen LogP contribution >= 0.6 is 0 Å². The summed E-state index contributed by atoms with van der Waals surface area (Å²) in [6.45, 7) is 3.08. The van der Waals surface area contributed by atoms with Crippen LogP contribution in [0, 0.1) is 0 Å². The van der Waals surface area contributed by atoms with Gasteiger partial charge in [-0.15, -0.1) is 0 Å². The fourth-order valence-electron chi connectivity index (χ4n) is 3.23. The van der Waals surface area contributed by atoms with Crippen molar-refractivity contribution in [1.29, 1.82) is 0 Å². The average molecular weight is 412 g/mol. The van der Waals surface area contributed by atoms with Crippen LogP contribution in [0.4, 0.5) is 5.69 Å². The summed E-state index contributed by atoms with van der Waals surface area (Å²) in [5.41, 5.74) is 1.33. The van der Waals surface area contributed by atoms with Crippen molar-refractivity contribution in [2.45, 2.75) is 13.3 Å². The highest BCUT2D eigenvalue weighted by atomic mass is 16.5. The number of carbonyl (C=O) groups is 3. The molecule has 1 heterocycles. The summed E-state index contributed by atoms with van der Waals surface area (Å²) >= 11 is 0. The molecule has 158 valence electrons. The molecule has 2 aromatic rings. The Hall–Kier alpha value is -3.39. The van der Waals surface area contributed by atoms with Crippen molar-refractivity contribution >= 4 is 23.4 Å². The molecule has 0 bridgehead atoms. The van der Waals surface area contributed by atoms with Gasteiger partial charge in [-0.25, -0.2) is 0 Å². The first-order valence-electron chi connectivity index (χ1n) is 9.61. The first-order valence-corrected chi connectivity index (χ1v) is 9.61. The second kappa shape index (κ2) is 9.41. The number of anilines is 1. The van der Waals surface area contributed by atoms with E-state index in [1.54, 1.807) is 25.3 Å². The van der Waals surface area contributed by atoms with Gasteiger partial charge < -0.3 is 19.5 Å². The first kappa shape index (κ1) is 21.3. The van der Waals surface area contributed by atoms with E-state index >= 15 is 0 Å². The van der Waals surface area contributed by atoms with Gasteiger partial charge >= 0.3 is 0 Å². The van der Waals surface area contributed by atoms with Crippen LogP contribution in [0.5, 0.6) is 11.5 Å². The van der Waals surface area contributed by atoms with E-state index in [2.05, 4.69) is 5.32 Å². The van der Waals surface area contributed by atoms with E-state index in [-0.39, 0.29) is 23.6 Å². The Morgan fingerprint density at radius 2 is 1.77 bits per heavy atom. The Morgan fingerprint density at radius 1 is 1.00 bits per heavy atom. The van der Waals surface area contributed by atoms with Crippen molar-refractivity contribution in [3.8, 4) is 11.5 Å². The number of hydrogen-bond acceptors (Lipinski definition) is 6. The van der Waals surface area contributed by atoms with Gasteiger partial charge in [-0.3, -0.25) is 19.3 Å². The third kappa shape index (κ3) is 4.28. The van der Waals surface area contributed by atoms with Crippen molar-refractivity contribution in [3.63, 3.8) is 0 Å². The molecule has 3 amide bonds. The maximum Gasteiger partial charge on any atom is 0.261 e. The summed E-state index contributed by atoms with van der Waals surface area (Å²) in [4.78, 5) is 39.0. The summed E-state index contributed by atoms with van der Waals surface area (Å²) in [6, 6.07) is 9.56. The number of hydrogen-bond donors (Lipinski definition) is 1. The average Bonchev–Trinajstić information content (AvgIpc) is 2.99. The van der Waals surface area contributed by atoms with Gasteiger partial charge in [0.15, 0.2) is 11.5 Å². The molecule has 0 radical (unpaired) electrons. The first-order chi connectivity index (χ1) is 14.5. The molecule has 3 rings (SSSR count). The van der Waals surface area contributed by atoms with Crippen LogP contribution < -0.4 is 14.8 Å². The zero-order chi connectivity index (χ0) is 21.7. The molecule has 8 nitrogen and oxygen atoms in total. The van der Waals surface area contributed by atoms with Crippen LogP contribution in [0.25, 0.3) is 0 Å². The largest absolute Gasteiger partial charge is 0.493 e. The number of fused-ring (bicyclic) bond motifs is 1. The van der Waals surface area contributed by atoms with Gasteiger partial charge in [0.1, 0.15) is 0 Å². The van der Waals surface area contributed by atoms with Gasteiger partial charge in [0.2, 0.25) is 0 Å². The minimum Gasteiger partial charge on any atom is -0.493 e. The number of nitrogens with zero attached hydrogens (tertiary/aromatic N) is 1. The monoisotopic (exact) mass is 412 g/mol. The molecule has 0 aliphatic carbocycles. The van der Waals surface area contributed by atoms with Gasteiger partial charge in [-0.2, -0.15) is 0 Å². The van der Waals surface area contributed by atoms with E-state index in [4.69, 9.17) is 14.2 Å². The molecule has 30 heavy (non-hydrogen) atoms. The number of nitrogens with one attached hydrogen (secondary N) is 1. The lowest BCUT2D eigenvalue weighted by Gasteiger charge is -2.12. The number of rotatable bonds is 9. The highest BCUT2D eigenvalue weighted by molar-refractivity contribution is 6.22. The molecule has 0 fully saturated rings. The molecular weight excluding hydrogens is 388 g/mol. The van der Waals surface area contributed by atoms with Crippen LogP contribution in [0.1, 0.15) is 44.4 Å². The topological polar surface area (TPSA) is 94.2 Å². The molecule has 1 aliphatic rings. The Balaban J connectivity index is 1.77. The van der Waals surface area contributed by atoms with Crippen LogP contribution in [0.2, 0.25) is 0 Å². The predicted molar refractivity (Wildman–Crippen MR) is 110 cm³/mol. The second-order valence-corrected chi connectivity index (χ2v) is 6.62. The summed E-state index contributed by atoms with van der Waals surface area (Å²) in [5.74, 6) is -0.0795. The number of methoxy groups -OCH3 is 2. The van der Waals surface area contributed by atoms with Crippen LogP contribution in [-0.2, 0) is 4.74 Å². The van der Waals surface area contributed by atoms with Gasteiger partial charge in [-0.05, 0) is 43.7 Å². The predicted octanol–water partition coefficient (Wildman–Crippen LogP) is 2.98. The van der Waals surface area contributed by atoms with Crippen molar-refractivity contribution in [1.82, 2.24) is 4.90 Å². The van der Waals surface area contributed by atoms with Gasteiger partial charge in [0.05, 0.1) is 24.8 Å². The lowest BCUT2D eigenvalue weighted by Crippen LogP contribution is -2.31. The summed E-state index contributed by atoms with van der Waals surface area (Å²) in [5, 5.41) is 2.77. The number of ether oxygens (including phenoxy) is 3. The zero-order valence-electron chi connectivity index (χ0n) is 17.2. The molecule has 8 heteroatoms. The maximum atomic E-state index is 12.7. The molecule has 2 aromatic carbocycles. The standard InChI is InChI=1S/C22H24N2O6/c1-4-30-18-9-7-15(13-19(18)29-3)23-20(25)14-6-8-16-17(12-14)22(27)24(21(16)26)10-5-11-28-2/h6-9,12-13H,4-5,10-11H2,1-3H3,(H,23,25). The smallest absolute Gasteiger partial charge is 0.261 e. The third-order valence-corrected chi connectivity index (χ3v) is 4.68. The molecule has 0 saturated heterocycles. The Morgan fingerprint density at radius 3 is 2.47 bits per heavy atom. The zero-order valence-corrected chi connectivity index (χ0v) is 17.2. The Kier molecular flexibility index (Phi) is 6.68. The normalized spacial score (nSPS) is 12.7. The lowest BCUT2D eigenvalue weighted by atomic mass is 10.1. The van der Waals surface area contributed by atoms with Crippen molar-refractivity contribution in [2.24, 2.45) is 0 Å². The van der Waals surface area contributed by atoms with Crippen molar-refractivity contribution in [2.75, 3.05) is 39.3 Å². The SMILES string of the molecule is CCOc1ccc(NC(=O)c2ccc3c(c2)C(=O)N(CCCOC)C3=O)cc1OC. The van der Waals surface area contributed by atoms with E-state index in [0.717, 1.165) is 0 Å². The highest BCUT2D eigenvalue weighted by Crippen LogP contribution is 2.30. The molecule has 1 aliphatic heterocycles. The third-order valence-electron chi connectivity index (χ3n) is 4.68.